The van der Waals surface area contributed by atoms with Crippen molar-refractivity contribution in [3.05, 3.63) is 36.9 Å². The zero-order valence-corrected chi connectivity index (χ0v) is 13.7. The molecular weight excluding hydrogens is 296 g/mol. The monoisotopic (exact) mass is 316 g/mol. The Hall–Kier alpha value is -2.21. The largest absolute Gasteiger partial charge is 0.493 e. The van der Waals surface area contributed by atoms with Gasteiger partial charge in [-0.05, 0) is 32.1 Å². The topological polar surface area (TPSA) is 53.1 Å². The Kier molecular flexibility index (Phi) is 5.27. The van der Waals surface area contributed by atoms with Crippen molar-refractivity contribution in [2.45, 2.75) is 20.4 Å². The minimum absolute atomic E-state index is 0.0761. The molecule has 0 atom stereocenters. The molecular formula is C16H20N4OS. The van der Waals surface area contributed by atoms with Gasteiger partial charge in [-0.3, -0.25) is 0 Å². The van der Waals surface area contributed by atoms with Gasteiger partial charge in [0, 0.05) is 25.0 Å². The van der Waals surface area contributed by atoms with E-state index in [1.54, 1.807) is 10.6 Å². The van der Waals surface area contributed by atoms with E-state index in [2.05, 4.69) is 16.8 Å². The third kappa shape index (κ3) is 3.01. The van der Waals surface area contributed by atoms with E-state index >= 15 is 0 Å². The van der Waals surface area contributed by atoms with Gasteiger partial charge < -0.3 is 14.6 Å². The van der Waals surface area contributed by atoms with Crippen LogP contribution in [0.3, 0.4) is 0 Å². The molecule has 1 aromatic heterocycles. The minimum Gasteiger partial charge on any atom is -0.493 e. The van der Waals surface area contributed by atoms with Crippen molar-refractivity contribution in [2.75, 3.05) is 13.1 Å². The molecule has 0 aliphatic rings. The standard InChI is InChI=1S/C16H20N4OS/c1-4-11-20-13-10-8-7-9-12(13)14(15(20)21)17-18-16(22)19(5-2)6-3/h4,7-10,21H,1,5-6,11H2,2-3H3. The van der Waals surface area contributed by atoms with E-state index in [0.717, 1.165) is 24.0 Å². The lowest BCUT2D eigenvalue weighted by atomic mass is 10.2. The van der Waals surface area contributed by atoms with Crippen LogP contribution in [-0.4, -0.2) is 32.8 Å². The lowest BCUT2D eigenvalue weighted by molar-refractivity contribution is 0.430. The van der Waals surface area contributed by atoms with Crippen molar-refractivity contribution in [3.8, 4) is 5.88 Å². The molecule has 1 N–H and O–H groups in total. The zero-order valence-electron chi connectivity index (χ0n) is 12.9. The molecule has 0 bridgehead atoms. The summed E-state index contributed by atoms with van der Waals surface area (Å²) in [5.74, 6) is 0.0761. The highest BCUT2D eigenvalue weighted by Gasteiger charge is 2.15. The highest BCUT2D eigenvalue weighted by atomic mass is 32.1. The number of aromatic nitrogens is 1. The molecule has 6 heteroatoms. The average Bonchev–Trinajstić information content (AvgIpc) is 2.79. The molecule has 116 valence electrons. The Morgan fingerprint density at radius 2 is 2.05 bits per heavy atom. The summed E-state index contributed by atoms with van der Waals surface area (Å²) in [4.78, 5) is 1.93. The van der Waals surface area contributed by atoms with E-state index in [4.69, 9.17) is 12.2 Å². The van der Waals surface area contributed by atoms with Crippen LogP contribution in [0.25, 0.3) is 10.9 Å². The summed E-state index contributed by atoms with van der Waals surface area (Å²) in [5, 5.41) is 20.0. The summed E-state index contributed by atoms with van der Waals surface area (Å²) in [7, 11) is 0. The van der Waals surface area contributed by atoms with Gasteiger partial charge in [-0.1, -0.05) is 24.3 Å². The average molecular weight is 316 g/mol. The molecule has 5 nitrogen and oxygen atoms in total. The third-order valence-electron chi connectivity index (χ3n) is 3.50. The molecule has 0 aliphatic heterocycles. The minimum atomic E-state index is 0.0761. The van der Waals surface area contributed by atoms with E-state index < -0.39 is 0 Å². The first-order chi connectivity index (χ1) is 10.6. The van der Waals surface area contributed by atoms with Crippen LogP contribution in [-0.2, 0) is 6.54 Å². The molecule has 0 saturated heterocycles. The predicted octanol–water partition coefficient (Wildman–Crippen LogP) is 4.24. The quantitative estimate of drug-likeness (QED) is 0.510. The van der Waals surface area contributed by atoms with Crippen LogP contribution in [0, 0.1) is 0 Å². The number of rotatable bonds is 5. The van der Waals surface area contributed by atoms with Crippen LogP contribution in [0.15, 0.2) is 47.1 Å². The second kappa shape index (κ2) is 7.17. The van der Waals surface area contributed by atoms with Gasteiger partial charge >= 0.3 is 0 Å². The maximum atomic E-state index is 10.4. The van der Waals surface area contributed by atoms with E-state index in [9.17, 15) is 5.11 Å². The first kappa shape index (κ1) is 16.2. The Labute approximate surface area is 135 Å². The molecule has 0 aliphatic carbocycles. The number of fused-ring (bicyclic) bond motifs is 1. The van der Waals surface area contributed by atoms with E-state index in [1.165, 1.54) is 0 Å². The lowest BCUT2D eigenvalue weighted by Gasteiger charge is -2.16. The zero-order chi connectivity index (χ0) is 16.1. The fourth-order valence-corrected chi connectivity index (χ4v) is 2.63. The fraction of sp³-hybridized carbons (Fsp3) is 0.312. The molecule has 2 rings (SSSR count). The first-order valence-electron chi connectivity index (χ1n) is 7.25. The summed E-state index contributed by atoms with van der Waals surface area (Å²) in [6, 6.07) is 7.66. The third-order valence-corrected chi connectivity index (χ3v) is 3.84. The highest BCUT2D eigenvalue weighted by molar-refractivity contribution is 7.80. The number of thiocarbonyl (C=S) groups is 1. The maximum Gasteiger partial charge on any atom is 0.221 e. The SMILES string of the molecule is C=CCn1c(O)c(N=NC(=S)N(CC)CC)c2ccccc21. The molecule has 22 heavy (non-hydrogen) atoms. The van der Waals surface area contributed by atoms with Crippen molar-refractivity contribution < 1.29 is 5.11 Å². The smallest absolute Gasteiger partial charge is 0.221 e. The molecule has 0 fully saturated rings. The van der Waals surface area contributed by atoms with Crippen LogP contribution in [0.2, 0.25) is 0 Å². The second-order valence-electron chi connectivity index (χ2n) is 4.74. The highest BCUT2D eigenvalue weighted by Crippen LogP contribution is 2.38. The molecule has 0 unspecified atom stereocenters. The predicted molar refractivity (Wildman–Crippen MR) is 93.8 cm³/mol. The first-order valence-corrected chi connectivity index (χ1v) is 7.66. The maximum absolute atomic E-state index is 10.4. The van der Waals surface area contributed by atoms with Crippen molar-refractivity contribution in [1.29, 1.82) is 0 Å². The van der Waals surface area contributed by atoms with Crippen LogP contribution >= 0.6 is 12.2 Å². The Balaban J connectivity index is 2.45. The van der Waals surface area contributed by atoms with Crippen LogP contribution < -0.4 is 0 Å². The van der Waals surface area contributed by atoms with Gasteiger partial charge in [-0.2, -0.15) is 0 Å². The van der Waals surface area contributed by atoms with Crippen LogP contribution in [0.5, 0.6) is 5.88 Å². The molecule has 2 aromatic rings. The summed E-state index contributed by atoms with van der Waals surface area (Å²) >= 11 is 5.26. The number of aromatic hydroxyl groups is 1. The fourth-order valence-electron chi connectivity index (χ4n) is 2.33. The number of hydrogen-bond donors (Lipinski definition) is 1. The number of para-hydroxylation sites is 1. The molecule has 0 amide bonds. The van der Waals surface area contributed by atoms with E-state index in [1.807, 2.05) is 43.0 Å². The van der Waals surface area contributed by atoms with Gasteiger partial charge in [0.25, 0.3) is 0 Å². The van der Waals surface area contributed by atoms with Gasteiger partial charge in [-0.15, -0.1) is 16.8 Å². The molecule has 0 saturated carbocycles. The van der Waals surface area contributed by atoms with E-state index in [0.29, 0.717) is 17.3 Å². The molecule has 0 radical (unpaired) electrons. The summed E-state index contributed by atoms with van der Waals surface area (Å²) in [5.41, 5.74) is 1.33. The summed E-state index contributed by atoms with van der Waals surface area (Å²) in [6.07, 6.45) is 1.73. The van der Waals surface area contributed by atoms with Gasteiger partial charge in [0.05, 0.1) is 5.52 Å². The van der Waals surface area contributed by atoms with Gasteiger partial charge in [0.1, 0.15) is 0 Å². The van der Waals surface area contributed by atoms with Gasteiger partial charge in [-0.25, -0.2) is 0 Å². The Morgan fingerprint density at radius 1 is 1.36 bits per heavy atom. The van der Waals surface area contributed by atoms with Gasteiger partial charge in [0.15, 0.2) is 5.69 Å². The molecule has 1 heterocycles. The van der Waals surface area contributed by atoms with Crippen molar-refractivity contribution >= 4 is 33.9 Å². The van der Waals surface area contributed by atoms with Crippen molar-refractivity contribution in [2.24, 2.45) is 10.2 Å². The normalized spacial score (nSPS) is 11.2. The Bertz CT molecular complexity index is 716. The van der Waals surface area contributed by atoms with Crippen molar-refractivity contribution in [3.63, 3.8) is 0 Å². The Morgan fingerprint density at radius 3 is 2.68 bits per heavy atom. The van der Waals surface area contributed by atoms with Crippen molar-refractivity contribution in [1.82, 2.24) is 9.47 Å². The van der Waals surface area contributed by atoms with Crippen LogP contribution in [0.4, 0.5) is 5.69 Å². The number of benzene rings is 1. The lowest BCUT2D eigenvalue weighted by Crippen LogP contribution is -2.27. The van der Waals surface area contributed by atoms with Crippen LogP contribution in [0.1, 0.15) is 13.8 Å². The van der Waals surface area contributed by atoms with Gasteiger partial charge in [0.2, 0.25) is 11.0 Å². The second-order valence-corrected chi connectivity index (χ2v) is 5.11. The van der Waals surface area contributed by atoms with E-state index in [-0.39, 0.29) is 5.88 Å². The number of azo groups is 1. The number of hydrogen-bond acceptors (Lipinski definition) is 3. The summed E-state index contributed by atoms with van der Waals surface area (Å²) < 4.78 is 1.75. The molecule has 0 spiro atoms. The number of nitrogens with zero attached hydrogens (tertiary/aromatic N) is 4. The molecule has 1 aromatic carbocycles. The summed E-state index contributed by atoms with van der Waals surface area (Å²) in [6.45, 7) is 9.80. The number of allylic oxidation sites excluding steroid dienone is 1.